The molecule has 2 heterocycles. The summed E-state index contributed by atoms with van der Waals surface area (Å²) in [5, 5.41) is 4.98. The van der Waals surface area contributed by atoms with Crippen LogP contribution in [0.2, 0.25) is 10.0 Å². The molecule has 0 bridgehead atoms. The highest BCUT2D eigenvalue weighted by Gasteiger charge is 2.39. The molecule has 0 radical (unpaired) electrons. The van der Waals surface area contributed by atoms with Gasteiger partial charge in [0, 0.05) is 50.2 Å². The molecule has 1 N–H and O–H groups in total. The lowest BCUT2D eigenvalue weighted by molar-refractivity contribution is 0.0778. The van der Waals surface area contributed by atoms with Gasteiger partial charge < -0.3 is 15.1 Å². The maximum Gasteiger partial charge on any atom is 0.253 e. The van der Waals surface area contributed by atoms with E-state index in [1.165, 1.54) is 11.1 Å². The standard InChI is InChI=1S/C31H35Cl2N3O/c1-35(30(37)24-8-3-2-4-9-24)22-26(25-11-12-28(32)29(33)21-25)14-18-36-19-15-31(16-20-36)27-10-6-5-7-23(27)13-17-34-31/h2-12,21,26,34H,13-20,22H2,1H3/t26-/m0/s1. The number of carbonyl (C=O) groups excluding carboxylic acids is 1. The molecule has 1 saturated heterocycles. The Morgan fingerprint density at radius 1 is 1.00 bits per heavy atom. The molecule has 1 spiro atoms. The maximum absolute atomic E-state index is 13.1. The zero-order chi connectivity index (χ0) is 25.8. The van der Waals surface area contributed by atoms with Crippen LogP contribution in [-0.2, 0) is 12.0 Å². The summed E-state index contributed by atoms with van der Waals surface area (Å²) >= 11 is 12.6. The molecular weight excluding hydrogens is 501 g/mol. The zero-order valence-corrected chi connectivity index (χ0v) is 22.9. The van der Waals surface area contributed by atoms with Gasteiger partial charge in [-0.15, -0.1) is 0 Å². The van der Waals surface area contributed by atoms with Crippen molar-refractivity contribution in [1.82, 2.24) is 15.1 Å². The molecule has 194 valence electrons. The highest BCUT2D eigenvalue weighted by Crippen LogP contribution is 2.38. The van der Waals surface area contributed by atoms with E-state index in [0.29, 0.717) is 22.2 Å². The van der Waals surface area contributed by atoms with Crippen LogP contribution in [0.1, 0.15) is 52.2 Å². The van der Waals surface area contributed by atoms with Gasteiger partial charge in [-0.3, -0.25) is 4.79 Å². The maximum atomic E-state index is 13.1. The first-order valence-electron chi connectivity index (χ1n) is 13.3. The van der Waals surface area contributed by atoms with Crippen molar-refractivity contribution in [3.63, 3.8) is 0 Å². The third-order valence-corrected chi connectivity index (χ3v) is 8.91. The third kappa shape index (κ3) is 5.88. The minimum absolute atomic E-state index is 0.0348. The largest absolute Gasteiger partial charge is 0.341 e. The normalized spacial score (nSPS) is 17.8. The minimum Gasteiger partial charge on any atom is -0.341 e. The highest BCUT2D eigenvalue weighted by molar-refractivity contribution is 6.42. The van der Waals surface area contributed by atoms with Crippen LogP contribution in [0.25, 0.3) is 0 Å². The van der Waals surface area contributed by atoms with Crippen molar-refractivity contribution in [1.29, 1.82) is 0 Å². The van der Waals surface area contributed by atoms with Gasteiger partial charge in [-0.2, -0.15) is 0 Å². The molecule has 0 aliphatic carbocycles. The number of halogens is 2. The van der Waals surface area contributed by atoms with Crippen molar-refractivity contribution in [3.8, 4) is 0 Å². The summed E-state index contributed by atoms with van der Waals surface area (Å²) in [5.74, 6) is 0.199. The summed E-state index contributed by atoms with van der Waals surface area (Å²) in [6.45, 7) is 4.79. The number of piperidine rings is 1. The second-order valence-corrected chi connectivity index (χ2v) is 11.3. The second-order valence-electron chi connectivity index (χ2n) is 10.5. The predicted octanol–water partition coefficient (Wildman–Crippen LogP) is 6.38. The number of fused-ring (bicyclic) bond motifs is 2. The zero-order valence-electron chi connectivity index (χ0n) is 21.4. The average Bonchev–Trinajstić information content (AvgIpc) is 2.94. The lowest BCUT2D eigenvalue weighted by Crippen LogP contribution is -2.54. The number of carbonyl (C=O) groups is 1. The Hall–Kier alpha value is -2.37. The molecule has 2 aliphatic rings. The predicted molar refractivity (Wildman–Crippen MR) is 153 cm³/mol. The number of rotatable bonds is 7. The fourth-order valence-corrected chi connectivity index (χ4v) is 6.33. The second kappa shape index (κ2) is 11.6. The van der Waals surface area contributed by atoms with Gasteiger partial charge >= 0.3 is 0 Å². The van der Waals surface area contributed by atoms with Crippen molar-refractivity contribution in [3.05, 3.63) is 105 Å². The van der Waals surface area contributed by atoms with Crippen molar-refractivity contribution >= 4 is 29.1 Å². The van der Waals surface area contributed by atoms with Gasteiger partial charge in [-0.05, 0) is 73.2 Å². The summed E-state index contributed by atoms with van der Waals surface area (Å²) in [6, 6.07) is 24.3. The van der Waals surface area contributed by atoms with Crippen LogP contribution in [0.4, 0.5) is 0 Å². The van der Waals surface area contributed by atoms with Crippen LogP contribution >= 0.6 is 23.2 Å². The van der Waals surface area contributed by atoms with E-state index in [-0.39, 0.29) is 17.4 Å². The molecule has 6 heteroatoms. The van der Waals surface area contributed by atoms with E-state index in [2.05, 4.69) is 34.5 Å². The quantitative estimate of drug-likeness (QED) is 0.381. The SMILES string of the molecule is CN(C[C@H](CCN1CCC2(CC1)NCCc1ccccc12)c1ccc(Cl)c(Cl)c1)C(=O)c1ccccc1. The molecule has 0 unspecified atom stereocenters. The fraction of sp³-hybridized carbons (Fsp3) is 0.387. The highest BCUT2D eigenvalue weighted by atomic mass is 35.5. The van der Waals surface area contributed by atoms with Crippen LogP contribution in [0, 0.1) is 0 Å². The lowest BCUT2D eigenvalue weighted by Gasteiger charge is -2.46. The molecule has 1 fully saturated rings. The van der Waals surface area contributed by atoms with Crippen LogP contribution < -0.4 is 5.32 Å². The molecule has 5 rings (SSSR count). The molecule has 37 heavy (non-hydrogen) atoms. The molecule has 2 aliphatic heterocycles. The van der Waals surface area contributed by atoms with Gasteiger partial charge in [-0.25, -0.2) is 0 Å². The van der Waals surface area contributed by atoms with Gasteiger partial charge in [0.1, 0.15) is 0 Å². The van der Waals surface area contributed by atoms with Crippen molar-refractivity contribution < 1.29 is 4.79 Å². The van der Waals surface area contributed by atoms with Crippen molar-refractivity contribution in [2.24, 2.45) is 0 Å². The smallest absolute Gasteiger partial charge is 0.253 e. The topological polar surface area (TPSA) is 35.6 Å². The molecule has 0 aromatic heterocycles. The number of likely N-dealkylation sites (N-methyl/N-ethyl adjacent to an activating group) is 1. The number of hydrogen-bond acceptors (Lipinski definition) is 3. The minimum atomic E-state index is 0.0348. The first-order chi connectivity index (χ1) is 17.9. The molecule has 1 atom stereocenters. The first-order valence-corrected chi connectivity index (χ1v) is 14.0. The van der Waals surface area contributed by atoms with Gasteiger partial charge in [0.25, 0.3) is 5.91 Å². The number of amides is 1. The summed E-state index contributed by atoms with van der Waals surface area (Å²) in [4.78, 5) is 17.5. The number of hydrogen-bond donors (Lipinski definition) is 1. The average molecular weight is 537 g/mol. The summed E-state index contributed by atoms with van der Waals surface area (Å²) in [7, 11) is 1.89. The van der Waals surface area contributed by atoms with E-state index < -0.39 is 0 Å². The fourth-order valence-electron chi connectivity index (χ4n) is 6.02. The van der Waals surface area contributed by atoms with Crippen LogP contribution in [-0.4, -0.2) is 55.5 Å². The Kier molecular flexibility index (Phi) is 8.21. The van der Waals surface area contributed by atoms with Crippen LogP contribution in [0.5, 0.6) is 0 Å². The van der Waals surface area contributed by atoms with Gasteiger partial charge in [-0.1, -0.05) is 71.7 Å². The van der Waals surface area contributed by atoms with Crippen LogP contribution in [0.15, 0.2) is 72.8 Å². The van der Waals surface area contributed by atoms with Crippen molar-refractivity contribution in [2.75, 3.05) is 39.8 Å². The Morgan fingerprint density at radius 3 is 2.49 bits per heavy atom. The summed E-state index contributed by atoms with van der Waals surface area (Å²) < 4.78 is 0. The Balaban J connectivity index is 1.26. The monoisotopic (exact) mass is 535 g/mol. The first kappa shape index (κ1) is 26.2. The summed E-state index contributed by atoms with van der Waals surface area (Å²) in [6.07, 6.45) is 4.30. The number of nitrogens with zero attached hydrogens (tertiary/aromatic N) is 2. The summed E-state index contributed by atoms with van der Waals surface area (Å²) in [5.41, 5.74) is 4.94. The van der Waals surface area contributed by atoms with Crippen molar-refractivity contribution in [2.45, 2.75) is 37.1 Å². The van der Waals surface area contributed by atoms with Gasteiger partial charge in [0.05, 0.1) is 10.0 Å². The number of nitrogens with one attached hydrogen (secondary N) is 1. The van der Waals surface area contributed by atoms with Crippen LogP contribution in [0.3, 0.4) is 0 Å². The van der Waals surface area contributed by atoms with E-state index in [1.54, 1.807) is 0 Å². The Morgan fingerprint density at radius 2 is 1.73 bits per heavy atom. The van der Waals surface area contributed by atoms with E-state index >= 15 is 0 Å². The van der Waals surface area contributed by atoms with Gasteiger partial charge in [0.15, 0.2) is 0 Å². The third-order valence-electron chi connectivity index (χ3n) is 8.17. The molecular formula is C31H35Cl2N3O. The molecule has 4 nitrogen and oxygen atoms in total. The molecule has 1 amide bonds. The van der Waals surface area contributed by atoms with E-state index in [9.17, 15) is 4.79 Å². The van der Waals surface area contributed by atoms with E-state index in [1.807, 2.05) is 60.5 Å². The molecule has 3 aromatic rings. The van der Waals surface area contributed by atoms with E-state index in [0.717, 1.165) is 57.4 Å². The number of likely N-dealkylation sites (tertiary alicyclic amines) is 1. The number of benzene rings is 3. The molecule has 3 aromatic carbocycles. The Bertz CT molecular complexity index is 1220. The van der Waals surface area contributed by atoms with E-state index in [4.69, 9.17) is 23.2 Å². The lowest BCUT2D eigenvalue weighted by atomic mass is 9.76. The molecule has 0 saturated carbocycles. The van der Waals surface area contributed by atoms with Gasteiger partial charge in [0.2, 0.25) is 0 Å². The Labute approximate surface area is 230 Å².